The maximum atomic E-state index is 12.9. The summed E-state index contributed by atoms with van der Waals surface area (Å²) in [5, 5.41) is 0. The van der Waals surface area contributed by atoms with Crippen LogP contribution >= 0.6 is 0 Å². The van der Waals surface area contributed by atoms with Gasteiger partial charge in [0.2, 0.25) is 5.91 Å². The third-order valence-corrected chi connectivity index (χ3v) is 7.45. The molecule has 0 aromatic heterocycles. The minimum absolute atomic E-state index is 0.0884. The first-order chi connectivity index (χ1) is 11.5. The fourth-order valence-corrected chi connectivity index (χ4v) is 5.50. The SMILES string of the molecule is CC1CCN(S(=O)(=O)N2CCC[C@H](C(=O)N3CCOCC3)C2)CC1. The van der Waals surface area contributed by atoms with Crippen molar-refractivity contribution in [3.05, 3.63) is 0 Å². The third-order valence-electron chi connectivity index (χ3n) is 5.45. The molecule has 7 nitrogen and oxygen atoms in total. The molecule has 138 valence electrons. The maximum absolute atomic E-state index is 12.9. The molecular weight excluding hydrogens is 330 g/mol. The Bertz CT molecular complexity index is 540. The molecule has 3 aliphatic rings. The highest BCUT2D eigenvalue weighted by atomic mass is 32.2. The van der Waals surface area contributed by atoms with Crippen molar-refractivity contribution in [2.24, 2.45) is 11.8 Å². The predicted molar refractivity (Wildman–Crippen MR) is 90.6 cm³/mol. The number of hydrogen-bond donors (Lipinski definition) is 0. The van der Waals surface area contributed by atoms with Crippen LogP contribution in [0.2, 0.25) is 0 Å². The Morgan fingerprint density at radius 1 is 0.958 bits per heavy atom. The number of carbonyl (C=O) groups excluding carboxylic acids is 1. The third kappa shape index (κ3) is 3.92. The van der Waals surface area contributed by atoms with Crippen molar-refractivity contribution < 1.29 is 17.9 Å². The number of piperidine rings is 2. The van der Waals surface area contributed by atoms with Gasteiger partial charge in [0.15, 0.2) is 0 Å². The van der Waals surface area contributed by atoms with Gasteiger partial charge in [0, 0.05) is 39.3 Å². The Labute approximate surface area is 145 Å². The van der Waals surface area contributed by atoms with Gasteiger partial charge in [-0.2, -0.15) is 17.0 Å². The molecule has 0 bridgehead atoms. The number of carbonyl (C=O) groups is 1. The molecule has 0 aromatic carbocycles. The summed E-state index contributed by atoms with van der Waals surface area (Å²) in [6.07, 6.45) is 3.37. The molecule has 0 aliphatic carbocycles. The van der Waals surface area contributed by atoms with Crippen LogP contribution in [0.5, 0.6) is 0 Å². The van der Waals surface area contributed by atoms with Gasteiger partial charge in [-0.15, -0.1) is 0 Å². The van der Waals surface area contributed by atoms with Gasteiger partial charge in [0.25, 0.3) is 10.2 Å². The first kappa shape index (κ1) is 18.1. The van der Waals surface area contributed by atoms with Gasteiger partial charge in [-0.25, -0.2) is 0 Å². The van der Waals surface area contributed by atoms with E-state index >= 15 is 0 Å². The van der Waals surface area contributed by atoms with Crippen molar-refractivity contribution in [1.29, 1.82) is 0 Å². The summed E-state index contributed by atoms with van der Waals surface area (Å²) >= 11 is 0. The first-order valence-electron chi connectivity index (χ1n) is 9.10. The number of ether oxygens (including phenoxy) is 1. The van der Waals surface area contributed by atoms with Gasteiger partial charge in [0.1, 0.15) is 0 Å². The summed E-state index contributed by atoms with van der Waals surface area (Å²) in [5.74, 6) is 0.467. The fourth-order valence-electron chi connectivity index (χ4n) is 3.77. The molecule has 3 heterocycles. The number of rotatable bonds is 3. The van der Waals surface area contributed by atoms with E-state index in [1.807, 2.05) is 4.90 Å². The van der Waals surface area contributed by atoms with Gasteiger partial charge in [-0.3, -0.25) is 4.79 Å². The van der Waals surface area contributed by atoms with E-state index in [2.05, 4.69) is 6.92 Å². The van der Waals surface area contributed by atoms with Crippen LogP contribution in [-0.4, -0.2) is 80.3 Å². The Morgan fingerprint density at radius 2 is 1.62 bits per heavy atom. The standard InChI is InChI=1S/C16H29N3O4S/c1-14-4-7-18(8-5-14)24(21,22)19-6-2-3-15(13-19)16(20)17-9-11-23-12-10-17/h14-15H,2-13H2,1H3/t15-/m0/s1. The summed E-state index contributed by atoms with van der Waals surface area (Å²) in [5.41, 5.74) is 0. The Morgan fingerprint density at radius 3 is 2.29 bits per heavy atom. The second-order valence-corrected chi connectivity index (χ2v) is 9.15. The van der Waals surface area contributed by atoms with Crippen LogP contribution in [0.25, 0.3) is 0 Å². The van der Waals surface area contributed by atoms with Gasteiger partial charge in [-0.05, 0) is 31.6 Å². The van der Waals surface area contributed by atoms with E-state index in [0.29, 0.717) is 58.4 Å². The molecule has 3 rings (SSSR count). The second kappa shape index (κ2) is 7.68. The summed E-state index contributed by atoms with van der Waals surface area (Å²) in [7, 11) is -3.43. The molecule has 3 fully saturated rings. The van der Waals surface area contributed by atoms with E-state index in [1.165, 1.54) is 4.31 Å². The van der Waals surface area contributed by atoms with Gasteiger partial charge >= 0.3 is 0 Å². The molecule has 3 aliphatic heterocycles. The van der Waals surface area contributed by atoms with Crippen LogP contribution in [0.1, 0.15) is 32.6 Å². The maximum Gasteiger partial charge on any atom is 0.281 e. The Hall–Kier alpha value is -0.700. The average Bonchev–Trinajstić information content (AvgIpc) is 2.62. The molecule has 8 heteroatoms. The van der Waals surface area contributed by atoms with E-state index < -0.39 is 10.2 Å². The summed E-state index contributed by atoms with van der Waals surface area (Å²) in [4.78, 5) is 14.5. The Balaban J connectivity index is 1.63. The monoisotopic (exact) mass is 359 g/mol. The van der Waals surface area contributed by atoms with Crippen molar-refractivity contribution in [3.63, 3.8) is 0 Å². The second-order valence-electron chi connectivity index (χ2n) is 7.22. The van der Waals surface area contributed by atoms with Crippen molar-refractivity contribution in [2.45, 2.75) is 32.6 Å². The van der Waals surface area contributed by atoms with E-state index in [9.17, 15) is 13.2 Å². The largest absolute Gasteiger partial charge is 0.378 e. The summed E-state index contributed by atoms with van der Waals surface area (Å²) in [6, 6.07) is 0. The minimum atomic E-state index is -3.43. The van der Waals surface area contributed by atoms with Crippen LogP contribution in [-0.2, 0) is 19.7 Å². The first-order valence-corrected chi connectivity index (χ1v) is 10.5. The summed E-state index contributed by atoms with van der Waals surface area (Å²) < 4.78 is 34.2. The molecule has 0 unspecified atom stereocenters. The smallest absolute Gasteiger partial charge is 0.281 e. The molecule has 1 amide bonds. The highest BCUT2D eigenvalue weighted by Gasteiger charge is 2.38. The molecule has 24 heavy (non-hydrogen) atoms. The molecule has 0 aromatic rings. The van der Waals surface area contributed by atoms with E-state index in [-0.39, 0.29) is 11.8 Å². The minimum Gasteiger partial charge on any atom is -0.378 e. The van der Waals surface area contributed by atoms with Crippen molar-refractivity contribution in [2.75, 3.05) is 52.5 Å². The van der Waals surface area contributed by atoms with E-state index in [4.69, 9.17) is 4.74 Å². The zero-order chi connectivity index (χ0) is 17.2. The molecule has 0 saturated carbocycles. The van der Waals surface area contributed by atoms with Crippen molar-refractivity contribution in [1.82, 2.24) is 13.5 Å². The normalized spacial score (nSPS) is 28.9. The lowest BCUT2D eigenvalue weighted by atomic mass is 9.98. The molecule has 0 spiro atoms. The summed E-state index contributed by atoms with van der Waals surface area (Å²) in [6.45, 7) is 6.61. The van der Waals surface area contributed by atoms with Crippen LogP contribution in [0.4, 0.5) is 0 Å². The quantitative estimate of drug-likeness (QED) is 0.737. The lowest BCUT2D eigenvalue weighted by Gasteiger charge is -2.39. The van der Waals surface area contributed by atoms with Crippen LogP contribution in [0, 0.1) is 11.8 Å². The molecular formula is C16H29N3O4S. The van der Waals surface area contributed by atoms with Crippen LogP contribution < -0.4 is 0 Å². The number of nitrogens with zero attached hydrogens (tertiary/aromatic N) is 3. The predicted octanol–water partition coefficient (Wildman–Crippen LogP) is 0.534. The van der Waals surface area contributed by atoms with E-state index in [0.717, 1.165) is 25.7 Å². The van der Waals surface area contributed by atoms with E-state index in [1.54, 1.807) is 4.31 Å². The van der Waals surface area contributed by atoms with Crippen molar-refractivity contribution >= 4 is 16.1 Å². The number of hydrogen-bond acceptors (Lipinski definition) is 4. The molecule has 0 radical (unpaired) electrons. The molecule has 1 atom stereocenters. The van der Waals surface area contributed by atoms with Crippen molar-refractivity contribution in [3.8, 4) is 0 Å². The lowest BCUT2D eigenvalue weighted by molar-refractivity contribution is -0.140. The number of morpholine rings is 1. The Kier molecular flexibility index (Phi) is 5.79. The fraction of sp³-hybridized carbons (Fsp3) is 0.938. The number of amides is 1. The highest BCUT2D eigenvalue weighted by molar-refractivity contribution is 7.86. The highest BCUT2D eigenvalue weighted by Crippen LogP contribution is 2.26. The zero-order valence-corrected chi connectivity index (χ0v) is 15.3. The van der Waals surface area contributed by atoms with Gasteiger partial charge < -0.3 is 9.64 Å². The molecule has 0 N–H and O–H groups in total. The van der Waals surface area contributed by atoms with Crippen LogP contribution in [0.15, 0.2) is 0 Å². The van der Waals surface area contributed by atoms with Gasteiger partial charge in [-0.1, -0.05) is 6.92 Å². The lowest BCUT2D eigenvalue weighted by Crippen LogP contribution is -2.53. The van der Waals surface area contributed by atoms with Gasteiger partial charge in [0.05, 0.1) is 19.1 Å². The topological polar surface area (TPSA) is 70.2 Å². The zero-order valence-electron chi connectivity index (χ0n) is 14.5. The molecule has 3 saturated heterocycles. The average molecular weight is 359 g/mol. The van der Waals surface area contributed by atoms with Crippen LogP contribution in [0.3, 0.4) is 0 Å².